The summed E-state index contributed by atoms with van der Waals surface area (Å²) in [6, 6.07) is 43.0. The van der Waals surface area contributed by atoms with Gasteiger partial charge in [-0.15, -0.1) is 0 Å². The van der Waals surface area contributed by atoms with Crippen molar-refractivity contribution in [3.63, 3.8) is 0 Å². The van der Waals surface area contributed by atoms with Crippen molar-refractivity contribution in [1.82, 2.24) is 21.3 Å². The number of hydrogen-bond acceptors (Lipinski definition) is 10. The largest absolute Gasteiger partial charge is 0.459 e. The number of benzene rings is 6. The minimum absolute atomic E-state index is 0.0291. The van der Waals surface area contributed by atoms with Crippen LogP contribution in [0.2, 0.25) is 0 Å². The third-order valence-electron chi connectivity index (χ3n) is 15.1. The quantitative estimate of drug-likeness (QED) is 0.0258. The van der Waals surface area contributed by atoms with Crippen LogP contribution in [0.5, 0.6) is 0 Å². The second kappa shape index (κ2) is 30.1. The number of rotatable bonds is 24. The zero-order valence-electron chi connectivity index (χ0n) is 50.4. The van der Waals surface area contributed by atoms with E-state index >= 15 is 0 Å². The summed E-state index contributed by atoms with van der Waals surface area (Å²) in [6.07, 6.45) is -0.104. The van der Waals surface area contributed by atoms with Gasteiger partial charge in [-0.2, -0.15) is 0 Å². The van der Waals surface area contributed by atoms with E-state index in [1.807, 2.05) is 128 Å². The fraction of sp³-hybridized carbons (Fsp3) is 0.361. The Morgan fingerprint density at radius 3 is 0.965 bits per heavy atom. The van der Waals surface area contributed by atoms with Gasteiger partial charge in [-0.05, 0) is 141 Å². The molecule has 2 aliphatic carbocycles. The van der Waals surface area contributed by atoms with E-state index in [1.54, 1.807) is 48.5 Å². The standard InChI is InChI=1S/C72H78N4O10/c1-45(2)37-63(75-71(81)85-43-61-57-25-15-11-21-53(57)54-22-12-16-26-58(54)61)67(77)73-65(39-47(5)6)69(79)83-41-51-33-29-49(30-34-51)19-9-10-20-50-31-35-52(36-32-50)42-84-70(80)66(40-48(7)8)74-68(78)64(38-46(3)4)76-72(82)86-44-62-59-27-17-13-23-55(59)56-24-14-18-28-60(56)62/h11-18,21-36,45-48,61-66H,37-44H2,1-8H3,(H,73,77)(H,74,78)(H,75,81)(H,76,82)/t63-,64-,65+,66+/m1/s1. The molecule has 14 nitrogen and oxygen atoms in total. The molecule has 0 heterocycles. The van der Waals surface area contributed by atoms with E-state index in [9.17, 15) is 28.8 Å². The van der Waals surface area contributed by atoms with Crippen molar-refractivity contribution < 1.29 is 47.7 Å². The van der Waals surface area contributed by atoms with E-state index in [2.05, 4.69) is 69.2 Å². The molecule has 0 saturated heterocycles. The number of esters is 2. The highest BCUT2D eigenvalue weighted by atomic mass is 16.6. The van der Waals surface area contributed by atoms with Crippen LogP contribution in [0.3, 0.4) is 0 Å². The monoisotopic (exact) mass is 1160 g/mol. The fourth-order valence-corrected chi connectivity index (χ4v) is 11.0. The molecule has 4 N–H and O–H groups in total. The normalized spacial score (nSPS) is 13.5. The predicted octanol–water partition coefficient (Wildman–Crippen LogP) is 12.1. The van der Waals surface area contributed by atoms with Crippen molar-refractivity contribution in [3.05, 3.63) is 190 Å². The average molecular weight is 1160 g/mol. The fourth-order valence-electron chi connectivity index (χ4n) is 11.0. The SMILES string of the molecule is CC(C)C[C@H](NC(=O)[C@@H](CC(C)C)NC(=O)OCC1c2ccccc2-c2ccccc21)C(=O)OCc1ccc(C#CC#Cc2ccc(COC(=O)[C@H](CC(C)C)NC(=O)[C@@H](CC(C)C)NC(=O)OCC3c4ccccc4-c4ccccc43)cc2)cc1. The molecule has 0 saturated carbocycles. The van der Waals surface area contributed by atoms with Gasteiger partial charge in [-0.1, -0.05) is 189 Å². The second-order valence-corrected chi connectivity index (χ2v) is 23.8. The van der Waals surface area contributed by atoms with Crippen molar-refractivity contribution in [2.75, 3.05) is 13.2 Å². The number of nitrogens with one attached hydrogen (secondary N) is 4. The second-order valence-electron chi connectivity index (χ2n) is 23.8. The molecule has 4 atom stereocenters. The van der Waals surface area contributed by atoms with Crippen molar-refractivity contribution in [2.24, 2.45) is 23.7 Å². The number of carbonyl (C=O) groups is 6. The zero-order chi connectivity index (χ0) is 61.3. The zero-order valence-corrected chi connectivity index (χ0v) is 50.4. The Bertz CT molecular complexity index is 3170. The summed E-state index contributed by atoms with van der Waals surface area (Å²) in [5.74, 6) is 9.58. The Balaban J connectivity index is 0.779. The van der Waals surface area contributed by atoms with Gasteiger partial charge in [0.2, 0.25) is 11.8 Å². The molecule has 6 aromatic carbocycles. The van der Waals surface area contributed by atoms with Gasteiger partial charge in [-0.3, -0.25) is 9.59 Å². The van der Waals surface area contributed by atoms with Crippen LogP contribution < -0.4 is 21.3 Å². The molecule has 6 aromatic rings. The van der Waals surface area contributed by atoms with Gasteiger partial charge in [-0.25, -0.2) is 19.2 Å². The molecular weight excluding hydrogens is 1080 g/mol. The highest BCUT2D eigenvalue weighted by Crippen LogP contribution is 2.46. The number of alkyl carbamates (subject to hydrolysis) is 2. The van der Waals surface area contributed by atoms with Crippen LogP contribution in [0.4, 0.5) is 9.59 Å². The first-order valence-electron chi connectivity index (χ1n) is 29.8. The van der Waals surface area contributed by atoms with Gasteiger partial charge in [0.15, 0.2) is 0 Å². The summed E-state index contributed by atoms with van der Waals surface area (Å²) in [6.45, 7) is 15.8. The van der Waals surface area contributed by atoms with Gasteiger partial charge in [0.05, 0.1) is 0 Å². The van der Waals surface area contributed by atoms with Crippen LogP contribution in [-0.2, 0) is 51.3 Å². The maximum atomic E-state index is 13.8. The lowest BCUT2D eigenvalue weighted by Crippen LogP contribution is -2.52. The third-order valence-corrected chi connectivity index (χ3v) is 15.1. The Morgan fingerprint density at radius 2 is 0.663 bits per heavy atom. The molecule has 86 heavy (non-hydrogen) atoms. The summed E-state index contributed by atoms with van der Waals surface area (Å²) in [4.78, 5) is 81.3. The first-order valence-corrected chi connectivity index (χ1v) is 29.8. The van der Waals surface area contributed by atoms with Gasteiger partial charge in [0.25, 0.3) is 0 Å². The van der Waals surface area contributed by atoms with Crippen LogP contribution in [0, 0.1) is 47.4 Å². The molecule has 14 heteroatoms. The number of carbonyl (C=O) groups excluding carboxylic acids is 6. The van der Waals surface area contributed by atoms with Crippen LogP contribution in [0.25, 0.3) is 22.3 Å². The summed E-state index contributed by atoms with van der Waals surface area (Å²) in [5.41, 5.74) is 11.6. The Labute approximate surface area is 505 Å². The van der Waals surface area contributed by atoms with Crippen molar-refractivity contribution in [1.29, 1.82) is 0 Å². The smallest absolute Gasteiger partial charge is 0.407 e. The lowest BCUT2D eigenvalue weighted by Gasteiger charge is -2.25. The molecule has 8 rings (SSSR count). The molecule has 2 aliphatic rings. The van der Waals surface area contributed by atoms with E-state index < -0.39 is 60.1 Å². The van der Waals surface area contributed by atoms with Gasteiger partial charge < -0.3 is 40.2 Å². The average Bonchev–Trinajstić information content (AvgIpc) is 1.81. The predicted molar refractivity (Wildman–Crippen MR) is 332 cm³/mol. The summed E-state index contributed by atoms with van der Waals surface area (Å²) in [5, 5.41) is 11.3. The summed E-state index contributed by atoms with van der Waals surface area (Å²) < 4.78 is 23.0. The lowest BCUT2D eigenvalue weighted by atomic mass is 9.98. The number of fused-ring (bicyclic) bond motifs is 6. The van der Waals surface area contributed by atoms with E-state index in [0.29, 0.717) is 36.8 Å². The topological polar surface area (TPSA) is 187 Å². The van der Waals surface area contributed by atoms with Crippen LogP contribution in [-0.4, -0.2) is 73.3 Å². The van der Waals surface area contributed by atoms with Crippen molar-refractivity contribution in [3.8, 4) is 45.9 Å². The number of ether oxygens (including phenoxy) is 4. The number of hydrogen-bond donors (Lipinski definition) is 4. The highest BCUT2D eigenvalue weighted by molar-refractivity contribution is 5.91. The van der Waals surface area contributed by atoms with E-state index in [0.717, 1.165) is 55.6 Å². The molecule has 0 spiro atoms. The van der Waals surface area contributed by atoms with Crippen LogP contribution in [0.15, 0.2) is 146 Å². The molecule has 4 amide bonds. The molecule has 0 unspecified atom stereocenters. The lowest BCUT2D eigenvalue weighted by molar-refractivity contribution is -0.150. The van der Waals surface area contributed by atoms with E-state index in [-0.39, 0.29) is 61.9 Å². The molecule has 0 bridgehead atoms. The van der Waals surface area contributed by atoms with Gasteiger partial charge >= 0.3 is 24.1 Å². The Kier molecular flexibility index (Phi) is 22.0. The van der Waals surface area contributed by atoms with Gasteiger partial charge in [0.1, 0.15) is 50.6 Å². The van der Waals surface area contributed by atoms with E-state index in [4.69, 9.17) is 18.9 Å². The highest BCUT2D eigenvalue weighted by Gasteiger charge is 2.34. The summed E-state index contributed by atoms with van der Waals surface area (Å²) in [7, 11) is 0. The maximum absolute atomic E-state index is 13.8. The molecule has 446 valence electrons. The minimum Gasteiger partial charge on any atom is -0.459 e. The molecule has 0 radical (unpaired) electrons. The van der Waals surface area contributed by atoms with Crippen LogP contribution >= 0.6 is 0 Å². The number of amides is 4. The summed E-state index contributed by atoms with van der Waals surface area (Å²) >= 11 is 0. The minimum atomic E-state index is -0.946. The first kappa shape index (κ1) is 62.9. The van der Waals surface area contributed by atoms with Gasteiger partial charge in [0, 0.05) is 23.0 Å². The third kappa shape index (κ3) is 17.3. The first-order chi connectivity index (χ1) is 41.4. The molecule has 0 fully saturated rings. The Hall–Kier alpha value is -9.14. The molecule has 0 aliphatic heterocycles. The molecular formula is C72H78N4O10. The maximum Gasteiger partial charge on any atom is 0.407 e. The van der Waals surface area contributed by atoms with Crippen molar-refractivity contribution >= 4 is 35.9 Å². The Morgan fingerprint density at radius 1 is 0.372 bits per heavy atom. The molecule has 0 aromatic heterocycles. The van der Waals surface area contributed by atoms with E-state index in [1.165, 1.54) is 0 Å². The van der Waals surface area contributed by atoms with Crippen LogP contribution in [0.1, 0.15) is 137 Å². The van der Waals surface area contributed by atoms with Crippen molar-refractivity contribution in [2.45, 2.75) is 130 Å².